The first-order chi connectivity index (χ1) is 11.9. The highest BCUT2D eigenvalue weighted by Crippen LogP contribution is 2.26. The highest BCUT2D eigenvalue weighted by molar-refractivity contribution is 6.31. The second kappa shape index (κ2) is 7.27. The van der Waals surface area contributed by atoms with Gasteiger partial charge >= 0.3 is 0 Å². The van der Waals surface area contributed by atoms with Crippen molar-refractivity contribution >= 4 is 40.3 Å². The number of nitrogens with one attached hydrogen (secondary N) is 1. The van der Waals surface area contributed by atoms with Gasteiger partial charge in [-0.05, 0) is 37.6 Å². The van der Waals surface area contributed by atoms with Gasteiger partial charge in [-0.1, -0.05) is 11.6 Å². The number of hydrogen-bond acceptors (Lipinski definition) is 4. The first-order valence-electron chi connectivity index (χ1n) is 8.25. The summed E-state index contributed by atoms with van der Waals surface area (Å²) in [6.45, 7) is 2.13. The van der Waals surface area contributed by atoms with E-state index in [-0.39, 0.29) is 43.0 Å². The van der Waals surface area contributed by atoms with E-state index in [0.29, 0.717) is 29.3 Å². The summed E-state index contributed by atoms with van der Waals surface area (Å²) in [5.41, 5.74) is 0.714. The summed E-state index contributed by atoms with van der Waals surface area (Å²) >= 11 is 5.96. The predicted molar refractivity (Wildman–Crippen MR) is 93.0 cm³/mol. The van der Waals surface area contributed by atoms with Crippen molar-refractivity contribution in [3.63, 3.8) is 0 Å². The van der Waals surface area contributed by atoms with E-state index in [4.69, 9.17) is 16.0 Å². The Bertz CT molecular complexity index is 814. The zero-order chi connectivity index (χ0) is 18.0. The fourth-order valence-electron chi connectivity index (χ4n) is 2.90. The minimum absolute atomic E-state index is 0.148. The quantitative estimate of drug-likeness (QED) is 0.800. The molecule has 2 heterocycles. The topological polar surface area (TPSA) is 79.6 Å². The van der Waals surface area contributed by atoms with Gasteiger partial charge in [0.1, 0.15) is 11.3 Å². The molecule has 0 saturated carbocycles. The van der Waals surface area contributed by atoms with Gasteiger partial charge in [-0.25, -0.2) is 0 Å². The Morgan fingerprint density at radius 3 is 2.72 bits per heavy atom. The number of furan rings is 1. The number of rotatable bonds is 6. The van der Waals surface area contributed by atoms with E-state index in [1.807, 2.05) is 19.1 Å². The fourth-order valence-corrected chi connectivity index (χ4v) is 3.08. The number of carbonyl (C=O) groups excluding carboxylic acids is 3. The van der Waals surface area contributed by atoms with E-state index in [9.17, 15) is 14.4 Å². The maximum absolute atomic E-state index is 12.1. The number of likely N-dealkylation sites (tertiary alicyclic amines) is 1. The van der Waals surface area contributed by atoms with Gasteiger partial charge in [-0.2, -0.15) is 0 Å². The Balaban J connectivity index is 1.51. The van der Waals surface area contributed by atoms with Gasteiger partial charge < -0.3 is 9.73 Å². The minimum atomic E-state index is -0.284. The van der Waals surface area contributed by atoms with Crippen LogP contribution >= 0.6 is 11.6 Å². The first kappa shape index (κ1) is 17.5. The molecule has 0 bridgehead atoms. The summed E-state index contributed by atoms with van der Waals surface area (Å²) in [5.74, 6) is 0.194. The van der Waals surface area contributed by atoms with Crippen molar-refractivity contribution < 1.29 is 18.8 Å². The Hall–Kier alpha value is -2.34. The molecule has 1 aliphatic heterocycles. The molecule has 7 heteroatoms. The number of hydrogen-bond donors (Lipinski definition) is 1. The fraction of sp³-hybridized carbons (Fsp3) is 0.389. The lowest BCUT2D eigenvalue weighted by Gasteiger charge is -2.14. The average Bonchev–Trinajstić information content (AvgIpc) is 3.12. The normalized spacial score (nSPS) is 15.8. The van der Waals surface area contributed by atoms with Crippen LogP contribution < -0.4 is 5.32 Å². The molecule has 6 nitrogen and oxygen atoms in total. The molecule has 2 aromatic rings. The summed E-state index contributed by atoms with van der Waals surface area (Å²) in [4.78, 5) is 36.3. The maximum Gasteiger partial charge on any atom is 0.229 e. The number of imide groups is 1. The van der Waals surface area contributed by atoms with E-state index in [0.717, 1.165) is 5.39 Å². The van der Waals surface area contributed by atoms with Crippen LogP contribution in [0.5, 0.6) is 0 Å². The van der Waals surface area contributed by atoms with E-state index in [1.54, 1.807) is 12.1 Å². The summed E-state index contributed by atoms with van der Waals surface area (Å²) < 4.78 is 5.73. The molecule has 3 rings (SSSR count). The SMILES string of the molecule is CC(NC(=O)CCCN1C(=O)CCC1=O)c1cc2cc(Cl)ccc2o1. The van der Waals surface area contributed by atoms with Crippen LogP contribution in [0.25, 0.3) is 11.0 Å². The molecular formula is C18H19ClN2O4. The van der Waals surface area contributed by atoms with Crippen molar-refractivity contribution in [2.24, 2.45) is 0 Å². The molecule has 1 N–H and O–H groups in total. The van der Waals surface area contributed by atoms with Crippen LogP contribution in [0.1, 0.15) is 44.4 Å². The van der Waals surface area contributed by atoms with E-state index < -0.39 is 0 Å². The van der Waals surface area contributed by atoms with Crippen molar-refractivity contribution in [3.05, 3.63) is 35.0 Å². The highest BCUT2D eigenvalue weighted by atomic mass is 35.5. The monoisotopic (exact) mass is 362 g/mol. The van der Waals surface area contributed by atoms with Crippen molar-refractivity contribution in [2.75, 3.05) is 6.54 Å². The molecule has 1 aliphatic rings. The zero-order valence-electron chi connectivity index (χ0n) is 13.9. The summed E-state index contributed by atoms with van der Waals surface area (Å²) in [6.07, 6.45) is 1.25. The molecule has 25 heavy (non-hydrogen) atoms. The Labute approximate surface area is 150 Å². The molecule has 1 fully saturated rings. The lowest BCUT2D eigenvalue weighted by molar-refractivity contribution is -0.138. The Morgan fingerprint density at radius 1 is 1.28 bits per heavy atom. The van der Waals surface area contributed by atoms with Crippen LogP contribution in [0.2, 0.25) is 5.02 Å². The van der Waals surface area contributed by atoms with Gasteiger partial charge in [-0.3, -0.25) is 19.3 Å². The lowest BCUT2D eigenvalue weighted by Crippen LogP contribution is -2.32. The molecule has 1 aromatic heterocycles. The highest BCUT2D eigenvalue weighted by Gasteiger charge is 2.28. The maximum atomic E-state index is 12.1. The van der Waals surface area contributed by atoms with Gasteiger partial charge in [0.15, 0.2) is 0 Å². The largest absolute Gasteiger partial charge is 0.459 e. The van der Waals surface area contributed by atoms with Crippen LogP contribution in [0.4, 0.5) is 0 Å². The molecule has 0 spiro atoms. The third-order valence-corrected chi connectivity index (χ3v) is 4.48. The van der Waals surface area contributed by atoms with Crippen LogP contribution in [0.15, 0.2) is 28.7 Å². The van der Waals surface area contributed by atoms with E-state index in [1.165, 1.54) is 4.90 Å². The molecule has 3 amide bonds. The van der Waals surface area contributed by atoms with Crippen LogP contribution in [-0.4, -0.2) is 29.2 Å². The molecule has 1 aromatic carbocycles. The number of amides is 3. The lowest BCUT2D eigenvalue weighted by atomic mass is 10.2. The Kier molecular flexibility index (Phi) is 5.08. The molecule has 0 radical (unpaired) electrons. The van der Waals surface area contributed by atoms with Crippen molar-refractivity contribution in [2.45, 2.75) is 38.6 Å². The minimum Gasteiger partial charge on any atom is -0.459 e. The molecular weight excluding hydrogens is 344 g/mol. The van der Waals surface area contributed by atoms with Crippen molar-refractivity contribution in [1.29, 1.82) is 0 Å². The number of halogens is 1. The molecule has 0 aliphatic carbocycles. The molecule has 1 unspecified atom stereocenters. The average molecular weight is 363 g/mol. The van der Waals surface area contributed by atoms with Gasteiger partial charge in [-0.15, -0.1) is 0 Å². The number of benzene rings is 1. The van der Waals surface area contributed by atoms with Crippen molar-refractivity contribution in [3.8, 4) is 0 Å². The standard InChI is InChI=1S/C18H19ClN2O4/c1-11(15-10-12-9-13(19)4-5-14(12)25-15)20-16(22)3-2-8-21-17(23)6-7-18(21)24/h4-5,9-11H,2-3,6-8H2,1H3,(H,20,22). The number of nitrogens with zero attached hydrogens (tertiary/aromatic N) is 1. The van der Waals surface area contributed by atoms with Gasteiger partial charge in [0.2, 0.25) is 17.7 Å². The predicted octanol–water partition coefficient (Wildman–Crippen LogP) is 3.19. The van der Waals surface area contributed by atoms with Gasteiger partial charge in [0, 0.05) is 36.2 Å². The number of fused-ring (bicyclic) bond motifs is 1. The van der Waals surface area contributed by atoms with Crippen molar-refractivity contribution in [1.82, 2.24) is 10.2 Å². The first-order valence-corrected chi connectivity index (χ1v) is 8.63. The van der Waals surface area contributed by atoms with E-state index >= 15 is 0 Å². The summed E-state index contributed by atoms with van der Waals surface area (Å²) in [7, 11) is 0. The smallest absolute Gasteiger partial charge is 0.229 e. The zero-order valence-corrected chi connectivity index (χ0v) is 14.6. The summed E-state index contributed by atoms with van der Waals surface area (Å²) in [5, 5.41) is 4.38. The van der Waals surface area contributed by atoms with Gasteiger partial charge in [0.25, 0.3) is 0 Å². The third-order valence-electron chi connectivity index (χ3n) is 4.24. The van der Waals surface area contributed by atoms with Crippen LogP contribution in [-0.2, 0) is 14.4 Å². The summed E-state index contributed by atoms with van der Waals surface area (Å²) in [6, 6.07) is 6.92. The van der Waals surface area contributed by atoms with E-state index in [2.05, 4.69) is 5.32 Å². The van der Waals surface area contributed by atoms with Gasteiger partial charge in [0.05, 0.1) is 6.04 Å². The second-order valence-corrected chi connectivity index (χ2v) is 6.60. The number of carbonyl (C=O) groups is 3. The molecule has 1 saturated heterocycles. The second-order valence-electron chi connectivity index (χ2n) is 6.16. The van der Waals surface area contributed by atoms with Crippen LogP contribution in [0, 0.1) is 0 Å². The Morgan fingerprint density at radius 2 is 2.00 bits per heavy atom. The van der Waals surface area contributed by atoms with Crippen LogP contribution in [0.3, 0.4) is 0 Å². The molecule has 132 valence electrons. The third kappa shape index (κ3) is 4.02. The molecule has 1 atom stereocenters.